The molecule has 0 aliphatic rings. The molecular weight excluding hydrogens is 557 g/mol. The van der Waals surface area contributed by atoms with Crippen molar-refractivity contribution in [1.82, 2.24) is 14.7 Å². The van der Waals surface area contributed by atoms with Gasteiger partial charge in [-0.15, -0.1) is 11.3 Å². The van der Waals surface area contributed by atoms with Crippen LogP contribution in [0.25, 0.3) is 0 Å². The largest absolute Gasteiger partial charge is 0.465 e. The molecule has 2 heterocycles. The standard InChI is InChI=1S/C23H25BrFN5O3S2/c1-5-29(6-2)21(31)18-13(3)17(22(32)33-4)20(35-18)27-23(34)26-19-15(24)12-30(28-19)11-14-9-7-8-10-16(14)25/h7-10,12H,5-6,11H2,1-4H3,(H2,26,27,28,34). The highest BCUT2D eigenvalue weighted by molar-refractivity contribution is 9.10. The van der Waals surface area contributed by atoms with E-state index in [0.29, 0.717) is 44.4 Å². The van der Waals surface area contributed by atoms with Crippen LogP contribution in [0.15, 0.2) is 34.9 Å². The Bertz CT molecular complexity index is 1260. The van der Waals surface area contributed by atoms with E-state index < -0.39 is 5.97 Å². The van der Waals surface area contributed by atoms with Crippen LogP contribution in [0.4, 0.5) is 15.2 Å². The number of carbonyl (C=O) groups excluding carboxylic acids is 2. The summed E-state index contributed by atoms with van der Waals surface area (Å²) in [5.41, 5.74) is 1.28. The molecule has 0 fully saturated rings. The first-order chi connectivity index (χ1) is 16.7. The molecule has 3 aromatic rings. The van der Waals surface area contributed by atoms with Gasteiger partial charge in [-0.3, -0.25) is 9.48 Å². The van der Waals surface area contributed by atoms with E-state index >= 15 is 0 Å². The molecule has 0 unspecified atom stereocenters. The lowest BCUT2D eigenvalue weighted by Gasteiger charge is -2.17. The SMILES string of the molecule is CCN(CC)C(=O)c1sc(NC(=S)Nc2nn(Cc3ccccc3F)cc2Br)c(C(=O)OC)c1C. The molecule has 0 saturated heterocycles. The van der Waals surface area contributed by atoms with Gasteiger partial charge in [0, 0.05) is 24.8 Å². The maximum atomic E-state index is 14.0. The van der Waals surface area contributed by atoms with E-state index in [2.05, 4.69) is 31.7 Å². The summed E-state index contributed by atoms with van der Waals surface area (Å²) in [5, 5.41) is 10.9. The van der Waals surface area contributed by atoms with Crippen LogP contribution in [0.1, 0.15) is 45.0 Å². The fraction of sp³-hybridized carbons (Fsp3) is 0.304. The van der Waals surface area contributed by atoms with E-state index in [0.717, 1.165) is 11.3 Å². The lowest BCUT2D eigenvalue weighted by atomic mass is 10.1. The number of ether oxygens (including phenoxy) is 1. The third-order valence-electron chi connectivity index (χ3n) is 5.25. The topological polar surface area (TPSA) is 88.5 Å². The lowest BCUT2D eigenvalue weighted by Crippen LogP contribution is -2.30. The quantitative estimate of drug-likeness (QED) is 0.276. The molecule has 2 aromatic heterocycles. The molecular formula is C23H25BrFN5O3S2. The molecule has 0 atom stereocenters. The Balaban J connectivity index is 1.81. The Hall–Kier alpha value is -2.83. The smallest absolute Gasteiger partial charge is 0.341 e. The summed E-state index contributed by atoms with van der Waals surface area (Å²) in [6.07, 6.45) is 1.70. The second-order valence-corrected chi connectivity index (χ2v) is 9.71. The number of carbonyl (C=O) groups is 2. The first-order valence-corrected chi connectivity index (χ1v) is 12.8. The number of thiocarbonyl (C=S) groups is 1. The van der Waals surface area contributed by atoms with Gasteiger partial charge in [0.25, 0.3) is 5.91 Å². The number of halogens is 2. The molecule has 0 aliphatic carbocycles. The predicted octanol–water partition coefficient (Wildman–Crippen LogP) is 5.28. The maximum Gasteiger partial charge on any atom is 0.341 e. The van der Waals surface area contributed by atoms with Crippen LogP contribution in [0, 0.1) is 12.7 Å². The van der Waals surface area contributed by atoms with Gasteiger partial charge in [-0.1, -0.05) is 18.2 Å². The van der Waals surface area contributed by atoms with Gasteiger partial charge in [0.1, 0.15) is 10.8 Å². The summed E-state index contributed by atoms with van der Waals surface area (Å²) in [4.78, 5) is 27.6. The number of esters is 1. The molecule has 35 heavy (non-hydrogen) atoms. The second-order valence-electron chi connectivity index (χ2n) is 7.42. The first-order valence-electron chi connectivity index (χ1n) is 10.7. The van der Waals surface area contributed by atoms with Crippen LogP contribution in [0.5, 0.6) is 0 Å². The highest BCUT2D eigenvalue weighted by Crippen LogP contribution is 2.35. The Labute approximate surface area is 220 Å². The third-order valence-corrected chi connectivity index (χ3v) is 7.23. The van der Waals surface area contributed by atoms with E-state index in [1.54, 1.807) is 40.9 Å². The molecule has 186 valence electrons. The van der Waals surface area contributed by atoms with Crippen molar-refractivity contribution in [2.75, 3.05) is 30.8 Å². The number of rotatable bonds is 8. The van der Waals surface area contributed by atoms with Crippen molar-refractivity contribution in [1.29, 1.82) is 0 Å². The fourth-order valence-electron chi connectivity index (χ4n) is 3.41. The van der Waals surface area contributed by atoms with E-state index in [4.69, 9.17) is 17.0 Å². The molecule has 12 heteroatoms. The predicted molar refractivity (Wildman–Crippen MR) is 143 cm³/mol. The number of benzene rings is 1. The minimum Gasteiger partial charge on any atom is -0.465 e. The summed E-state index contributed by atoms with van der Waals surface area (Å²) < 4.78 is 21.1. The molecule has 0 spiro atoms. The van der Waals surface area contributed by atoms with Crippen LogP contribution in [0.3, 0.4) is 0 Å². The number of methoxy groups -OCH3 is 1. The minimum absolute atomic E-state index is 0.162. The van der Waals surface area contributed by atoms with Gasteiger partial charge < -0.3 is 20.3 Å². The van der Waals surface area contributed by atoms with Crippen LogP contribution in [0.2, 0.25) is 0 Å². The minimum atomic E-state index is -0.571. The van der Waals surface area contributed by atoms with Crippen LogP contribution < -0.4 is 10.6 Å². The van der Waals surface area contributed by atoms with Crippen molar-refractivity contribution in [2.45, 2.75) is 27.3 Å². The van der Waals surface area contributed by atoms with Gasteiger partial charge in [0.15, 0.2) is 10.9 Å². The normalized spacial score (nSPS) is 10.7. The zero-order valence-electron chi connectivity index (χ0n) is 19.6. The number of aromatic nitrogens is 2. The highest BCUT2D eigenvalue weighted by Gasteiger charge is 2.27. The second kappa shape index (κ2) is 11.7. The van der Waals surface area contributed by atoms with Crippen LogP contribution >= 0.6 is 39.5 Å². The summed E-state index contributed by atoms with van der Waals surface area (Å²) in [7, 11) is 1.28. The van der Waals surface area contributed by atoms with Gasteiger partial charge in [0.2, 0.25) is 0 Å². The van der Waals surface area contributed by atoms with Gasteiger partial charge in [0.05, 0.1) is 28.6 Å². The Morgan fingerprint density at radius 3 is 2.57 bits per heavy atom. The molecule has 0 aliphatic heterocycles. The lowest BCUT2D eigenvalue weighted by molar-refractivity contribution is 0.0601. The molecule has 2 N–H and O–H groups in total. The van der Waals surface area contributed by atoms with Crippen molar-refractivity contribution < 1.29 is 18.7 Å². The fourth-order valence-corrected chi connectivity index (χ4v) is 5.26. The van der Waals surface area contributed by atoms with Crippen LogP contribution in [-0.4, -0.2) is 51.9 Å². The van der Waals surface area contributed by atoms with Gasteiger partial charge in [-0.05, 0) is 60.5 Å². The number of nitrogens with zero attached hydrogens (tertiary/aromatic N) is 3. The summed E-state index contributed by atoms with van der Waals surface area (Å²) in [6.45, 7) is 6.83. The third kappa shape index (κ3) is 6.06. The molecule has 0 saturated carbocycles. The number of thiophene rings is 1. The maximum absolute atomic E-state index is 14.0. The van der Waals surface area contributed by atoms with Gasteiger partial charge in [-0.2, -0.15) is 5.10 Å². The number of nitrogens with one attached hydrogen (secondary N) is 2. The van der Waals surface area contributed by atoms with Gasteiger partial charge in [-0.25, -0.2) is 9.18 Å². The molecule has 1 aromatic carbocycles. The molecule has 8 nitrogen and oxygen atoms in total. The highest BCUT2D eigenvalue weighted by atomic mass is 79.9. The monoisotopic (exact) mass is 581 g/mol. The zero-order valence-corrected chi connectivity index (χ0v) is 22.9. The molecule has 0 bridgehead atoms. The van der Waals surface area contributed by atoms with E-state index in [-0.39, 0.29) is 28.9 Å². The van der Waals surface area contributed by atoms with Crippen LogP contribution in [-0.2, 0) is 11.3 Å². The summed E-state index contributed by atoms with van der Waals surface area (Å²) >= 11 is 10.0. The molecule has 0 radical (unpaired) electrons. The molecule has 3 rings (SSSR count). The Kier molecular flexibility index (Phi) is 8.98. The van der Waals surface area contributed by atoms with Crippen molar-refractivity contribution in [3.63, 3.8) is 0 Å². The number of anilines is 2. The van der Waals surface area contributed by atoms with Crippen molar-refractivity contribution in [3.05, 3.63) is 62.3 Å². The Morgan fingerprint density at radius 1 is 1.26 bits per heavy atom. The summed E-state index contributed by atoms with van der Waals surface area (Å²) in [5.74, 6) is -0.641. The Morgan fingerprint density at radius 2 is 1.94 bits per heavy atom. The van der Waals surface area contributed by atoms with Crippen molar-refractivity contribution in [3.8, 4) is 0 Å². The van der Waals surface area contributed by atoms with E-state index in [1.807, 2.05) is 13.8 Å². The van der Waals surface area contributed by atoms with Crippen molar-refractivity contribution >= 4 is 67.3 Å². The zero-order chi connectivity index (χ0) is 25.7. The average Bonchev–Trinajstić information content (AvgIpc) is 3.33. The van der Waals surface area contributed by atoms with Gasteiger partial charge >= 0.3 is 5.97 Å². The van der Waals surface area contributed by atoms with E-state index in [1.165, 1.54) is 13.2 Å². The number of amides is 1. The number of hydrogen-bond donors (Lipinski definition) is 2. The van der Waals surface area contributed by atoms with E-state index in [9.17, 15) is 14.0 Å². The molecule has 1 amide bonds. The number of hydrogen-bond acceptors (Lipinski definition) is 6. The average molecular weight is 583 g/mol. The van der Waals surface area contributed by atoms with Crippen molar-refractivity contribution in [2.24, 2.45) is 0 Å². The first kappa shape index (κ1) is 26.8. The summed E-state index contributed by atoms with van der Waals surface area (Å²) in [6, 6.07) is 6.48.